The number of hydrogen-bond acceptors (Lipinski definition) is 7. The molecule has 1 rings (SSSR count). The number of hydrogen-bond donors (Lipinski definition) is 1. The Balaban J connectivity index is 2.80. The van der Waals surface area contributed by atoms with Gasteiger partial charge in [-0.2, -0.15) is 17.7 Å². The van der Waals surface area contributed by atoms with Gasteiger partial charge in [-0.15, -0.1) is 0 Å². The van der Waals surface area contributed by atoms with E-state index in [9.17, 15) is 13.2 Å². The van der Waals surface area contributed by atoms with Crippen molar-refractivity contribution in [3.63, 3.8) is 0 Å². The van der Waals surface area contributed by atoms with Gasteiger partial charge in [0, 0.05) is 19.7 Å². The van der Waals surface area contributed by atoms with Gasteiger partial charge in [0.2, 0.25) is 11.8 Å². The summed E-state index contributed by atoms with van der Waals surface area (Å²) in [6.45, 7) is -0.0558. The molecule has 0 aliphatic carbocycles. The Hall–Kier alpha value is -1.65. The van der Waals surface area contributed by atoms with E-state index in [4.69, 9.17) is 16.3 Å². The lowest BCUT2D eigenvalue weighted by Gasteiger charge is -2.17. The fourth-order valence-electron chi connectivity index (χ4n) is 1.21. The van der Waals surface area contributed by atoms with Crippen molar-refractivity contribution in [3.8, 4) is 5.88 Å². The molecule has 0 fully saturated rings. The third-order valence-corrected chi connectivity index (χ3v) is 4.01. The minimum Gasteiger partial charge on any atom is -0.481 e. The molecule has 1 heterocycles. The van der Waals surface area contributed by atoms with Crippen LogP contribution in [0.5, 0.6) is 5.88 Å². The van der Waals surface area contributed by atoms with Crippen molar-refractivity contribution in [1.29, 1.82) is 0 Å². The Labute approximate surface area is 127 Å². The highest BCUT2D eigenvalue weighted by atomic mass is 35.5. The van der Waals surface area contributed by atoms with Crippen LogP contribution in [0.15, 0.2) is 6.07 Å². The van der Waals surface area contributed by atoms with E-state index in [1.807, 2.05) is 0 Å². The van der Waals surface area contributed by atoms with Crippen molar-refractivity contribution in [2.75, 3.05) is 32.5 Å². The summed E-state index contributed by atoms with van der Waals surface area (Å²) in [5.41, 5.74) is 0. The summed E-state index contributed by atoms with van der Waals surface area (Å²) in [7, 11) is -0.0400. The van der Waals surface area contributed by atoms with Gasteiger partial charge in [0.15, 0.2) is 0 Å². The molecule has 9 nitrogen and oxygen atoms in total. The molecular formula is C10H15ClN4O5S. The molecule has 0 saturated heterocycles. The van der Waals surface area contributed by atoms with Crippen molar-refractivity contribution < 1.29 is 22.7 Å². The van der Waals surface area contributed by atoms with Gasteiger partial charge in [0.1, 0.15) is 5.15 Å². The molecule has 1 aromatic heterocycles. The first-order valence-electron chi connectivity index (χ1n) is 5.68. The molecule has 0 spiro atoms. The predicted octanol–water partition coefficient (Wildman–Crippen LogP) is 0.290. The van der Waals surface area contributed by atoms with Crippen molar-refractivity contribution >= 4 is 33.7 Å². The summed E-state index contributed by atoms with van der Waals surface area (Å²) in [6.07, 6.45) is -0.0758. The number of carbonyl (C=O) groups is 1. The molecule has 0 radical (unpaired) electrons. The monoisotopic (exact) mass is 338 g/mol. The topological polar surface area (TPSA) is 111 Å². The van der Waals surface area contributed by atoms with E-state index in [0.29, 0.717) is 0 Å². The second kappa shape index (κ2) is 7.38. The second-order valence-electron chi connectivity index (χ2n) is 3.81. The fraction of sp³-hybridized carbons (Fsp3) is 0.500. The van der Waals surface area contributed by atoms with E-state index in [0.717, 1.165) is 4.31 Å². The summed E-state index contributed by atoms with van der Waals surface area (Å²) in [5, 5.41) is 0.0248. The summed E-state index contributed by atoms with van der Waals surface area (Å²) in [5.74, 6) is -0.632. The largest absolute Gasteiger partial charge is 0.481 e. The zero-order valence-electron chi connectivity index (χ0n) is 11.7. The average Bonchev–Trinajstić information content (AvgIpc) is 2.42. The van der Waals surface area contributed by atoms with Crippen LogP contribution in [-0.4, -0.2) is 56.5 Å². The SMILES string of the molecule is COC(=O)CCN(C)S(=O)(=O)Nc1nc(Cl)cc(OC)n1. The van der Waals surface area contributed by atoms with Gasteiger partial charge in [-0.3, -0.25) is 4.79 Å². The lowest BCUT2D eigenvalue weighted by atomic mass is 10.4. The smallest absolute Gasteiger partial charge is 0.306 e. The maximum atomic E-state index is 12.0. The summed E-state index contributed by atoms with van der Waals surface area (Å²) in [4.78, 5) is 18.5. The van der Waals surface area contributed by atoms with Crippen LogP contribution >= 0.6 is 11.6 Å². The summed E-state index contributed by atoms with van der Waals surface area (Å²) in [6, 6.07) is 1.33. The number of nitrogens with one attached hydrogen (secondary N) is 1. The van der Waals surface area contributed by atoms with Gasteiger partial charge in [0.05, 0.1) is 20.6 Å². The zero-order chi connectivity index (χ0) is 16.0. The van der Waals surface area contributed by atoms with Gasteiger partial charge >= 0.3 is 16.2 Å². The van der Waals surface area contributed by atoms with Gasteiger partial charge in [-0.05, 0) is 0 Å². The normalized spacial score (nSPS) is 11.3. The third kappa shape index (κ3) is 5.33. The Morgan fingerprint density at radius 3 is 2.67 bits per heavy atom. The number of ether oxygens (including phenoxy) is 2. The van der Waals surface area contributed by atoms with Crippen molar-refractivity contribution in [2.45, 2.75) is 6.42 Å². The van der Waals surface area contributed by atoms with E-state index in [-0.39, 0.29) is 29.9 Å². The van der Waals surface area contributed by atoms with Crippen LogP contribution in [0.25, 0.3) is 0 Å². The van der Waals surface area contributed by atoms with Crippen molar-refractivity contribution in [3.05, 3.63) is 11.2 Å². The number of nitrogens with zero attached hydrogens (tertiary/aromatic N) is 3. The summed E-state index contributed by atoms with van der Waals surface area (Å²) >= 11 is 5.72. The van der Waals surface area contributed by atoms with Crippen molar-refractivity contribution in [2.24, 2.45) is 0 Å². The highest BCUT2D eigenvalue weighted by Crippen LogP contribution is 2.17. The molecule has 0 amide bonds. The molecule has 0 saturated carbocycles. The molecule has 1 aromatic rings. The van der Waals surface area contributed by atoms with Crippen LogP contribution in [-0.2, 0) is 19.7 Å². The Morgan fingerprint density at radius 1 is 1.43 bits per heavy atom. The van der Waals surface area contributed by atoms with Crippen LogP contribution in [0.4, 0.5) is 5.95 Å². The number of aromatic nitrogens is 2. The number of carbonyl (C=O) groups excluding carboxylic acids is 1. The molecular weight excluding hydrogens is 324 g/mol. The zero-order valence-corrected chi connectivity index (χ0v) is 13.2. The number of methoxy groups -OCH3 is 2. The molecule has 0 unspecified atom stereocenters. The van der Waals surface area contributed by atoms with Crippen LogP contribution in [0, 0.1) is 0 Å². The van der Waals surface area contributed by atoms with Crippen LogP contribution in [0.3, 0.4) is 0 Å². The second-order valence-corrected chi connectivity index (χ2v) is 5.98. The predicted molar refractivity (Wildman–Crippen MR) is 75.4 cm³/mol. The minimum absolute atomic E-state index is 0.0248. The highest BCUT2D eigenvalue weighted by Gasteiger charge is 2.20. The minimum atomic E-state index is -3.92. The molecule has 0 aromatic carbocycles. The maximum absolute atomic E-state index is 12.0. The maximum Gasteiger partial charge on any atom is 0.306 e. The van der Waals surface area contributed by atoms with Crippen LogP contribution < -0.4 is 9.46 Å². The molecule has 11 heteroatoms. The average molecular weight is 339 g/mol. The van der Waals surface area contributed by atoms with E-state index < -0.39 is 16.2 Å². The van der Waals surface area contributed by atoms with Crippen LogP contribution in [0.1, 0.15) is 6.42 Å². The Kier molecular flexibility index (Phi) is 6.12. The number of rotatable bonds is 7. The molecule has 118 valence electrons. The molecule has 0 aliphatic rings. The quantitative estimate of drug-likeness (QED) is 0.562. The molecule has 0 atom stereocenters. The van der Waals surface area contributed by atoms with E-state index >= 15 is 0 Å². The molecule has 0 aliphatic heterocycles. The Bertz CT molecular complexity index is 609. The first-order valence-corrected chi connectivity index (χ1v) is 7.49. The van der Waals surface area contributed by atoms with Gasteiger partial charge in [-0.1, -0.05) is 11.6 Å². The summed E-state index contributed by atoms with van der Waals surface area (Å²) < 4.78 is 36.4. The molecule has 1 N–H and O–H groups in total. The Morgan fingerprint density at radius 2 is 2.10 bits per heavy atom. The first kappa shape index (κ1) is 17.4. The van der Waals surface area contributed by atoms with Crippen LogP contribution in [0.2, 0.25) is 5.15 Å². The van der Waals surface area contributed by atoms with E-state index in [1.165, 1.54) is 27.3 Å². The number of esters is 1. The lowest BCUT2D eigenvalue weighted by molar-refractivity contribution is -0.140. The fourth-order valence-corrected chi connectivity index (χ4v) is 2.19. The van der Waals surface area contributed by atoms with Gasteiger partial charge in [-0.25, -0.2) is 9.71 Å². The number of anilines is 1. The van der Waals surface area contributed by atoms with Gasteiger partial charge in [0.25, 0.3) is 0 Å². The van der Waals surface area contributed by atoms with Crippen molar-refractivity contribution in [1.82, 2.24) is 14.3 Å². The van der Waals surface area contributed by atoms with E-state index in [1.54, 1.807) is 0 Å². The highest BCUT2D eigenvalue weighted by molar-refractivity contribution is 7.90. The standard InChI is InChI=1S/C10H15ClN4O5S/c1-15(5-4-9(16)20-3)21(17,18)14-10-12-7(11)6-8(13-10)19-2/h6H,4-5H2,1-3H3,(H,12,13,14). The molecule has 21 heavy (non-hydrogen) atoms. The third-order valence-electron chi connectivity index (χ3n) is 2.37. The first-order chi connectivity index (χ1) is 9.78. The van der Waals surface area contributed by atoms with E-state index in [2.05, 4.69) is 19.4 Å². The lowest BCUT2D eigenvalue weighted by Crippen LogP contribution is -2.34. The number of halogens is 1. The molecule has 0 bridgehead atoms. The van der Waals surface area contributed by atoms with Gasteiger partial charge < -0.3 is 9.47 Å².